The van der Waals surface area contributed by atoms with E-state index in [9.17, 15) is 4.79 Å². The van der Waals surface area contributed by atoms with Crippen molar-refractivity contribution < 1.29 is 9.53 Å². The summed E-state index contributed by atoms with van der Waals surface area (Å²) in [6.45, 7) is 1.91. The Morgan fingerprint density at radius 2 is 2.12 bits per heavy atom. The van der Waals surface area contributed by atoms with Crippen molar-refractivity contribution in [3.05, 3.63) is 33.8 Å². The molecule has 1 atom stereocenters. The van der Waals surface area contributed by atoms with Crippen molar-refractivity contribution in [1.29, 1.82) is 0 Å². The maximum absolute atomic E-state index is 12.0. The summed E-state index contributed by atoms with van der Waals surface area (Å²) >= 11 is 12.0. The van der Waals surface area contributed by atoms with E-state index in [1.54, 1.807) is 18.2 Å². The quantitative estimate of drug-likeness (QED) is 0.917. The molecule has 0 spiro atoms. The monoisotopic (exact) mass is 273 g/mol. The summed E-state index contributed by atoms with van der Waals surface area (Å²) in [6.07, 6.45) is -0.179. The van der Waals surface area contributed by atoms with E-state index in [1.807, 2.05) is 0 Å². The molecule has 1 aromatic carbocycles. The Morgan fingerprint density at radius 3 is 2.71 bits per heavy atom. The molecule has 1 aliphatic heterocycles. The number of morpholine rings is 1. The molecule has 1 fully saturated rings. The lowest BCUT2D eigenvalue weighted by molar-refractivity contribution is -0.131. The van der Waals surface area contributed by atoms with Gasteiger partial charge in [0.05, 0.1) is 6.61 Å². The Balaban J connectivity index is 2.07. The molecule has 0 radical (unpaired) electrons. The van der Waals surface area contributed by atoms with Crippen molar-refractivity contribution in [3.8, 4) is 0 Å². The maximum atomic E-state index is 12.0. The predicted molar refractivity (Wildman–Crippen MR) is 67.8 cm³/mol. The summed E-state index contributed by atoms with van der Waals surface area (Å²) in [7, 11) is 0. The van der Waals surface area contributed by atoms with Gasteiger partial charge in [-0.05, 0) is 17.7 Å². The van der Waals surface area contributed by atoms with Gasteiger partial charge in [-0.25, -0.2) is 0 Å². The van der Waals surface area contributed by atoms with Crippen molar-refractivity contribution in [2.45, 2.75) is 12.5 Å². The Hall–Kier alpha value is -0.610. The lowest BCUT2D eigenvalue weighted by atomic mass is 10.0. The summed E-state index contributed by atoms with van der Waals surface area (Å²) in [4.78, 5) is 12.0. The molecule has 1 saturated heterocycles. The van der Waals surface area contributed by atoms with Gasteiger partial charge in [0, 0.05) is 29.6 Å². The third-order valence-electron chi connectivity index (χ3n) is 2.70. The van der Waals surface area contributed by atoms with Gasteiger partial charge in [-0.15, -0.1) is 0 Å². The number of hydrogen-bond donors (Lipinski definition) is 1. The summed E-state index contributed by atoms with van der Waals surface area (Å²) in [6, 6.07) is 5.23. The van der Waals surface area contributed by atoms with Crippen LogP contribution in [0.15, 0.2) is 18.2 Å². The zero-order valence-corrected chi connectivity index (χ0v) is 10.7. The predicted octanol–water partition coefficient (Wildman–Crippen LogP) is 2.09. The van der Waals surface area contributed by atoms with Crippen LogP contribution in [-0.4, -0.2) is 31.6 Å². The van der Waals surface area contributed by atoms with Gasteiger partial charge < -0.3 is 10.1 Å². The van der Waals surface area contributed by atoms with Crippen LogP contribution in [0, 0.1) is 0 Å². The minimum Gasteiger partial charge on any atom is -0.368 e. The summed E-state index contributed by atoms with van der Waals surface area (Å²) in [5, 5.41) is 4.16. The molecule has 1 heterocycles. The Bertz CT molecular complexity index is 397. The third-order valence-corrected chi connectivity index (χ3v) is 3.41. The third kappa shape index (κ3) is 3.19. The number of ketones is 1. The molecule has 2 rings (SSSR count). The van der Waals surface area contributed by atoms with Crippen LogP contribution in [0.4, 0.5) is 0 Å². The van der Waals surface area contributed by atoms with E-state index in [0.717, 1.165) is 6.54 Å². The second-order valence-corrected chi connectivity index (χ2v) is 4.72. The number of hydrogen-bond acceptors (Lipinski definition) is 3. The number of benzene rings is 1. The Kier molecular flexibility index (Phi) is 4.40. The number of halogens is 2. The first-order valence-electron chi connectivity index (χ1n) is 5.46. The maximum Gasteiger partial charge on any atom is 0.167 e. The minimum absolute atomic E-state index is 0.00667. The first kappa shape index (κ1) is 12.8. The van der Waals surface area contributed by atoms with Crippen LogP contribution >= 0.6 is 23.2 Å². The molecule has 1 aliphatic rings. The SMILES string of the molecule is O=C(Cc1c(Cl)cccc1Cl)C1CNCCO1. The van der Waals surface area contributed by atoms with E-state index >= 15 is 0 Å². The second kappa shape index (κ2) is 5.83. The molecule has 3 nitrogen and oxygen atoms in total. The molecule has 1 aromatic rings. The molecule has 0 bridgehead atoms. The molecule has 5 heteroatoms. The van der Waals surface area contributed by atoms with Crippen molar-refractivity contribution >= 4 is 29.0 Å². The fraction of sp³-hybridized carbons (Fsp3) is 0.417. The Morgan fingerprint density at radius 1 is 1.41 bits per heavy atom. The second-order valence-electron chi connectivity index (χ2n) is 3.91. The largest absolute Gasteiger partial charge is 0.368 e. The summed E-state index contributed by atoms with van der Waals surface area (Å²) < 4.78 is 5.39. The highest BCUT2D eigenvalue weighted by Crippen LogP contribution is 2.25. The molecular weight excluding hydrogens is 261 g/mol. The number of rotatable bonds is 3. The lowest BCUT2D eigenvalue weighted by Gasteiger charge is -2.22. The average molecular weight is 274 g/mol. The molecule has 92 valence electrons. The van der Waals surface area contributed by atoms with Crippen molar-refractivity contribution in [3.63, 3.8) is 0 Å². The van der Waals surface area contributed by atoms with Gasteiger partial charge in [0.2, 0.25) is 0 Å². The van der Waals surface area contributed by atoms with Crippen LogP contribution < -0.4 is 5.32 Å². The van der Waals surface area contributed by atoms with Crippen LogP contribution in [0.2, 0.25) is 10.0 Å². The van der Waals surface area contributed by atoms with Crippen molar-refractivity contribution in [1.82, 2.24) is 5.32 Å². The zero-order chi connectivity index (χ0) is 12.3. The molecule has 0 saturated carbocycles. The fourth-order valence-corrected chi connectivity index (χ4v) is 2.29. The summed E-state index contributed by atoms with van der Waals surface area (Å²) in [5.41, 5.74) is 0.676. The van der Waals surface area contributed by atoms with Gasteiger partial charge in [0.1, 0.15) is 6.10 Å². The van der Waals surface area contributed by atoms with E-state index in [4.69, 9.17) is 27.9 Å². The number of carbonyl (C=O) groups is 1. The first-order chi connectivity index (χ1) is 8.18. The normalized spacial score (nSPS) is 20.2. The highest BCUT2D eigenvalue weighted by molar-refractivity contribution is 6.36. The van der Waals surface area contributed by atoms with Crippen LogP contribution in [0.25, 0.3) is 0 Å². The van der Waals surface area contributed by atoms with E-state index < -0.39 is 6.10 Å². The molecule has 0 aromatic heterocycles. The standard InChI is InChI=1S/C12H13Cl2NO2/c13-9-2-1-3-10(14)8(9)6-11(16)12-7-15-4-5-17-12/h1-3,12,15H,4-7H2. The first-order valence-corrected chi connectivity index (χ1v) is 6.22. The van der Waals surface area contributed by atoms with Gasteiger partial charge >= 0.3 is 0 Å². The van der Waals surface area contributed by atoms with E-state index in [-0.39, 0.29) is 12.2 Å². The number of Topliss-reactive ketones (excluding diaryl/α,β-unsaturated/α-hetero) is 1. The topological polar surface area (TPSA) is 38.3 Å². The van der Waals surface area contributed by atoms with Crippen LogP contribution in [0.3, 0.4) is 0 Å². The van der Waals surface area contributed by atoms with Crippen LogP contribution in [0.5, 0.6) is 0 Å². The zero-order valence-electron chi connectivity index (χ0n) is 9.21. The van der Waals surface area contributed by atoms with Gasteiger partial charge in [0.15, 0.2) is 5.78 Å². The van der Waals surface area contributed by atoms with Crippen LogP contribution in [-0.2, 0) is 16.0 Å². The Labute approximate surface area is 110 Å². The fourth-order valence-electron chi connectivity index (χ4n) is 1.76. The summed E-state index contributed by atoms with van der Waals surface area (Å²) in [5.74, 6) is 0.00667. The molecule has 0 aliphatic carbocycles. The highest BCUT2D eigenvalue weighted by atomic mass is 35.5. The lowest BCUT2D eigenvalue weighted by Crippen LogP contribution is -2.43. The van der Waals surface area contributed by atoms with E-state index in [1.165, 1.54) is 0 Å². The average Bonchev–Trinajstić information content (AvgIpc) is 2.35. The minimum atomic E-state index is -0.393. The highest BCUT2D eigenvalue weighted by Gasteiger charge is 2.23. The van der Waals surface area contributed by atoms with Crippen LogP contribution in [0.1, 0.15) is 5.56 Å². The molecule has 0 amide bonds. The van der Waals surface area contributed by atoms with E-state index in [2.05, 4.69) is 5.32 Å². The molecule has 1 unspecified atom stereocenters. The molecule has 17 heavy (non-hydrogen) atoms. The number of carbonyl (C=O) groups excluding carboxylic acids is 1. The van der Waals surface area contributed by atoms with Gasteiger partial charge in [-0.1, -0.05) is 29.3 Å². The smallest absolute Gasteiger partial charge is 0.167 e. The van der Waals surface area contributed by atoms with Gasteiger partial charge in [-0.3, -0.25) is 4.79 Å². The number of nitrogens with one attached hydrogen (secondary N) is 1. The van der Waals surface area contributed by atoms with Gasteiger partial charge in [0.25, 0.3) is 0 Å². The van der Waals surface area contributed by atoms with E-state index in [0.29, 0.717) is 28.8 Å². The molecule has 1 N–H and O–H groups in total. The molecular formula is C12H13Cl2NO2. The van der Waals surface area contributed by atoms with Crippen molar-refractivity contribution in [2.24, 2.45) is 0 Å². The van der Waals surface area contributed by atoms with Crippen molar-refractivity contribution in [2.75, 3.05) is 19.7 Å². The number of ether oxygens (including phenoxy) is 1. The van der Waals surface area contributed by atoms with Gasteiger partial charge in [-0.2, -0.15) is 0 Å².